The molecule has 0 aliphatic carbocycles. The third-order valence-electron chi connectivity index (χ3n) is 2.84. The molecule has 1 N–H and O–H groups in total. The van der Waals surface area contributed by atoms with E-state index in [1.165, 1.54) is 35.7 Å². The van der Waals surface area contributed by atoms with E-state index in [1.807, 2.05) is 0 Å². The topological polar surface area (TPSA) is 12.0 Å². The summed E-state index contributed by atoms with van der Waals surface area (Å²) in [5, 5.41) is 3.61. The molecule has 0 aromatic heterocycles. The minimum atomic E-state index is 0. The van der Waals surface area contributed by atoms with Gasteiger partial charge in [0.05, 0.1) is 0 Å². The molecule has 1 saturated heterocycles. The standard InChI is InChI=1S/C12H16BrN.ClH/c13-11-7-4-3-6-10(11)12-8-2-1-5-9-14-12;/h3-4,6-7,12,14H,1-2,5,8-9H2;1H. The summed E-state index contributed by atoms with van der Waals surface area (Å²) in [4.78, 5) is 0. The molecule has 1 heterocycles. The van der Waals surface area contributed by atoms with Crippen LogP contribution in [-0.2, 0) is 0 Å². The third kappa shape index (κ3) is 3.47. The fourth-order valence-corrected chi connectivity index (χ4v) is 2.61. The van der Waals surface area contributed by atoms with Crippen LogP contribution in [0.5, 0.6) is 0 Å². The van der Waals surface area contributed by atoms with Gasteiger partial charge in [0.1, 0.15) is 0 Å². The Bertz CT molecular complexity index is 295. The van der Waals surface area contributed by atoms with E-state index >= 15 is 0 Å². The highest BCUT2D eigenvalue weighted by Gasteiger charge is 2.15. The average molecular weight is 291 g/mol. The van der Waals surface area contributed by atoms with Gasteiger partial charge in [-0.2, -0.15) is 0 Å². The second-order valence-electron chi connectivity index (χ2n) is 3.88. The minimum Gasteiger partial charge on any atom is -0.310 e. The lowest BCUT2D eigenvalue weighted by Crippen LogP contribution is -2.20. The average Bonchev–Trinajstić information content (AvgIpc) is 2.47. The molecule has 1 fully saturated rings. The highest BCUT2D eigenvalue weighted by Crippen LogP contribution is 2.28. The van der Waals surface area contributed by atoms with Crippen LogP contribution in [0.15, 0.2) is 28.7 Å². The summed E-state index contributed by atoms with van der Waals surface area (Å²) >= 11 is 3.62. The summed E-state index contributed by atoms with van der Waals surface area (Å²) in [5.74, 6) is 0. The Balaban J connectivity index is 0.00000112. The van der Waals surface area contributed by atoms with Crippen LogP contribution in [0.25, 0.3) is 0 Å². The molecule has 3 heteroatoms. The molecule has 0 bridgehead atoms. The number of hydrogen-bond acceptors (Lipinski definition) is 1. The Morgan fingerprint density at radius 1 is 1.13 bits per heavy atom. The molecule has 0 saturated carbocycles. The fourth-order valence-electron chi connectivity index (χ4n) is 2.05. The van der Waals surface area contributed by atoms with E-state index in [2.05, 4.69) is 45.5 Å². The van der Waals surface area contributed by atoms with Crippen LogP contribution in [-0.4, -0.2) is 6.54 Å². The summed E-state index contributed by atoms with van der Waals surface area (Å²) in [6, 6.07) is 9.08. The van der Waals surface area contributed by atoms with E-state index in [-0.39, 0.29) is 12.4 Å². The molecule has 1 aromatic carbocycles. The molecule has 0 radical (unpaired) electrons. The van der Waals surface area contributed by atoms with Gasteiger partial charge in [-0.05, 0) is 31.0 Å². The van der Waals surface area contributed by atoms with Crippen molar-refractivity contribution in [1.82, 2.24) is 5.32 Å². The van der Waals surface area contributed by atoms with Crippen molar-refractivity contribution in [2.24, 2.45) is 0 Å². The van der Waals surface area contributed by atoms with Crippen molar-refractivity contribution >= 4 is 28.3 Å². The third-order valence-corrected chi connectivity index (χ3v) is 3.56. The van der Waals surface area contributed by atoms with Crippen LogP contribution in [0.1, 0.15) is 37.3 Å². The van der Waals surface area contributed by atoms with Gasteiger partial charge in [-0.25, -0.2) is 0 Å². The molecule has 1 aliphatic heterocycles. The predicted molar refractivity (Wildman–Crippen MR) is 70.6 cm³/mol. The monoisotopic (exact) mass is 289 g/mol. The molecule has 0 amide bonds. The highest BCUT2D eigenvalue weighted by molar-refractivity contribution is 9.10. The van der Waals surface area contributed by atoms with Gasteiger partial charge >= 0.3 is 0 Å². The minimum absolute atomic E-state index is 0. The lowest BCUT2D eigenvalue weighted by molar-refractivity contribution is 0.533. The summed E-state index contributed by atoms with van der Waals surface area (Å²) in [7, 11) is 0. The van der Waals surface area contributed by atoms with Crippen LogP contribution < -0.4 is 5.32 Å². The lowest BCUT2D eigenvalue weighted by Gasteiger charge is -2.17. The summed E-state index contributed by atoms with van der Waals surface area (Å²) in [6.07, 6.45) is 5.30. The maximum absolute atomic E-state index is 3.62. The van der Waals surface area contributed by atoms with Crippen molar-refractivity contribution in [2.45, 2.75) is 31.7 Å². The molecule has 1 atom stereocenters. The molecular formula is C12H17BrClN. The molecule has 1 aromatic rings. The largest absolute Gasteiger partial charge is 0.310 e. The normalized spacial score (nSPS) is 21.5. The van der Waals surface area contributed by atoms with Crippen molar-refractivity contribution < 1.29 is 0 Å². The van der Waals surface area contributed by atoms with Gasteiger partial charge in [-0.3, -0.25) is 0 Å². The summed E-state index contributed by atoms with van der Waals surface area (Å²) in [5.41, 5.74) is 1.41. The maximum atomic E-state index is 3.62. The van der Waals surface area contributed by atoms with Gasteiger partial charge in [0.25, 0.3) is 0 Å². The number of hydrogen-bond donors (Lipinski definition) is 1. The first-order valence-electron chi connectivity index (χ1n) is 5.36. The highest BCUT2D eigenvalue weighted by atomic mass is 79.9. The first-order valence-corrected chi connectivity index (χ1v) is 6.15. The Morgan fingerprint density at radius 2 is 1.93 bits per heavy atom. The van der Waals surface area contributed by atoms with Gasteiger partial charge in [0.15, 0.2) is 0 Å². The van der Waals surface area contributed by atoms with Crippen LogP contribution >= 0.6 is 28.3 Å². The lowest BCUT2D eigenvalue weighted by atomic mass is 10.0. The van der Waals surface area contributed by atoms with Crippen molar-refractivity contribution in [3.05, 3.63) is 34.3 Å². The van der Waals surface area contributed by atoms with E-state index in [4.69, 9.17) is 0 Å². The quantitative estimate of drug-likeness (QED) is 0.822. The van der Waals surface area contributed by atoms with Gasteiger partial charge < -0.3 is 5.32 Å². The summed E-state index contributed by atoms with van der Waals surface area (Å²) < 4.78 is 1.24. The zero-order chi connectivity index (χ0) is 9.80. The maximum Gasteiger partial charge on any atom is 0.0331 e. The number of halogens is 2. The van der Waals surface area contributed by atoms with Crippen molar-refractivity contribution in [1.29, 1.82) is 0 Å². The van der Waals surface area contributed by atoms with Gasteiger partial charge in [0.2, 0.25) is 0 Å². The molecular weight excluding hydrogens is 273 g/mol. The van der Waals surface area contributed by atoms with Crippen LogP contribution in [0.3, 0.4) is 0 Å². The Labute approximate surface area is 106 Å². The van der Waals surface area contributed by atoms with Crippen LogP contribution in [0, 0.1) is 0 Å². The van der Waals surface area contributed by atoms with Crippen molar-refractivity contribution in [3.8, 4) is 0 Å². The second-order valence-corrected chi connectivity index (χ2v) is 4.73. The molecule has 84 valence electrons. The molecule has 1 nitrogen and oxygen atoms in total. The molecule has 0 spiro atoms. The molecule has 1 aliphatic rings. The number of nitrogens with one attached hydrogen (secondary N) is 1. The second kappa shape index (κ2) is 6.51. The predicted octanol–water partition coefficient (Wildman–Crippen LogP) is 4.08. The van der Waals surface area contributed by atoms with E-state index < -0.39 is 0 Å². The Hall–Kier alpha value is -0.0500. The first kappa shape index (κ1) is 13.0. The zero-order valence-corrected chi connectivity index (χ0v) is 11.1. The summed E-state index contributed by atoms with van der Waals surface area (Å²) in [6.45, 7) is 1.16. The van der Waals surface area contributed by atoms with Crippen molar-refractivity contribution in [2.75, 3.05) is 6.54 Å². The van der Waals surface area contributed by atoms with E-state index in [9.17, 15) is 0 Å². The SMILES string of the molecule is Brc1ccccc1C1CCCCCN1.Cl. The number of benzene rings is 1. The first-order chi connectivity index (χ1) is 6.88. The smallest absolute Gasteiger partial charge is 0.0331 e. The van der Waals surface area contributed by atoms with Gasteiger partial charge in [-0.1, -0.05) is 47.0 Å². The Kier molecular flexibility index (Phi) is 5.65. The Morgan fingerprint density at radius 3 is 2.73 bits per heavy atom. The van der Waals surface area contributed by atoms with Crippen LogP contribution in [0.2, 0.25) is 0 Å². The van der Waals surface area contributed by atoms with Gasteiger partial charge in [-0.15, -0.1) is 12.4 Å². The fraction of sp³-hybridized carbons (Fsp3) is 0.500. The number of rotatable bonds is 1. The van der Waals surface area contributed by atoms with E-state index in [0.717, 1.165) is 6.54 Å². The zero-order valence-electron chi connectivity index (χ0n) is 8.71. The van der Waals surface area contributed by atoms with Crippen molar-refractivity contribution in [3.63, 3.8) is 0 Å². The molecule has 2 rings (SSSR count). The molecule has 15 heavy (non-hydrogen) atoms. The van der Waals surface area contributed by atoms with E-state index in [0.29, 0.717) is 6.04 Å². The van der Waals surface area contributed by atoms with Gasteiger partial charge in [0, 0.05) is 10.5 Å². The molecule has 1 unspecified atom stereocenters. The van der Waals surface area contributed by atoms with E-state index in [1.54, 1.807) is 0 Å². The van der Waals surface area contributed by atoms with Crippen LogP contribution in [0.4, 0.5) is 0 Å².